The molecule has 0 unspecified atom stereocenters. The molecule has 112 valence electrons. The fourth-order valence-corrected chi connectivity index (χ4v) is 1.30. The molecule has 19 heavy (non-hydrogen) atoms. The quantitative estimate of drug-likeness (QED) is 0.631. The average Bonchev–Trinajstić information content (AvgIpc) is 2.12. The summed E-state index contributed by atoms with van der Waals surface area (Å²) >= 11 is 0. The van der Waals surface area contributed by atoms with Gasteiger partial charge in [0.15, 0.2) is 0 Å². The van der Waals surface area contributed by atoms with Gasteiger partial charge in [0.25, 0.3) is 0 Å². The molecule has 0 bridgehead atoms. The van der Waals surface area contributed by atoms with E-state index in [1.54, 1.807) is 0 Å². The highest BCUT2D eigenvalue weighted by molar-refractivity contribution is 5.37. The molecule has 1 aliphatic rings. The van der Waals surface area contributed by atoms with Crippen LogP contribution in [0, 0.1) is 0 Å². The van der Waals surface area contributed by atoms with Crippen molar-refractivity contribution in [3.05, 3.63) is 11.3 Å². The smallest absolute Gasteiger partial charge is 0.417 e. The minimum atomic E-state index is -7.08. The third-order valence-corrected chi connectivity index (χ3v) is 2.29. The monoisotopic (exact) mass is 309 g/mol. The van der Waals surface area contributed by atoms with Gasteiger partial charge in [-0.3, -0.25) is 0 Å². The van der Waals surface area contributed by atoms with Crippen LogP contribution in [0.5, 0.6) is 0 Å². The highest BCUT2D eigenvalue weighted by atomic mass is 19.4. The highest BCUT2D eigenvalue weighted by Gasteiger charge is 2.86. The fraction of sp³-hybridized carbons (Fsp3) is 0.714. The van der Waals surface area contributed by atoms with Gasteiger partial charge in [0.05, 0.1) is 0 Å². The maximum absolute atomic E-state index is 12.7. The summed E-state index contributed by atoms with van der Waals surface area (Å²) in [5, 5.41) is 10.4. The SMILES string of the molecule is [O-]C1=C(C(F)(F)F)C(F)(F)C(F)(F)C(F)(F)C1(F)F. The zero-order valence-corrected chi connectivity index (χ0v) is 8.07. The van der Waals surface area contributed by atoms with Gasteiger partial charge >= 0.3 is 29.9 Å². The summed E-state index contributed by atoms with van der Waals surface area (Å²) in [5.41, 5.74) is -4.21. The summed E-state index contributed by atoms with van der Waals surface area (Å²) in [4.78, 5) is 0. The van der Waals surface area contributed by atoms with E-state index in [0.29, 0.717) is 0 Å². The first-order chi connectivity index (χ1) is 8.03. The Kier molecular flexibility index (Phi) is 2.87. The number of allylic oxidation sites excluding steroid dienone is 2. The van der Waals surface area contributed by atoms with Crippen LogP contribution in [0.15, 0.2) is 11.3 Å². The second-order valence-electron chi connectivity index (χ2n) is 3.50. The van der Waals surface area contributed by atoms with Gasteiger partial charge < -0.3 is 5.11 Å². The first-order valence-corrected chi connectivity index (χ1v) is 4.03. The maximum Gasteiger partial charge on any atom is 0.417 e. The zero-order valence-electron chi connectivity index (χ0n) is 8.07. The number of halogens is 11. The van der Waals surface area contributed by atoms with Gasteiger partial charge in [-0.25, -0.2) is 0 Å². The second kappa shape index (κ2) is 3.45. The van der Waals surface area contributed by atoms with Gasteiger partial charge in [-0.1, -0.05) is 0 Å². The zero-order chi connectivity index (χ0) is 15.7. The Labute approximate surface area is 95.8 Å². The van der Waals surface area contributed by atoms with E-state index < -0.39 is 41.2 Å². The van der Waals surface area contributed by atoms with Crippen LogP contribution in [0.4, 0.5) is 48.3 Å². The Morgan fingerprint density at radius 1 is 0.684 bits per heavy atom. The van der Waals surface area contributed by atoms with E-state index >= 15 is 0 Å². The van der Waals surface area contributed by atoms with Crippen molar-refractivity contribution in [2.24, 2.45) is 0 Å². The van der Waals surface area contributed by atoms with Crippen LogP contribution >= 0.6 is 0 Å². The molecule has 0 saturated carbocycles. The molecular weight excluding hydrogens is 309 g/mol. The first kappa shape index (κ1) is 15.8. The third kappa shape index (κ3) is 1.60. The highest BCUT2D eigenvalue weighted by Crippen LogP contribution is 2.62. The number of alkyl halides is 11. The predicted octanol–water partition coefficient (Wildman–Crippen LogP) is 2.72. The van der Waals surface area contributed by atoms with Gasteiger partial charge in [0.2, 0.25) is 0 Å². The molecular formula is C7F11O-. The molecule has 1 aliphatic carbocycles. The number of hydrogen-bond donors (Lipinski definition) is 0. The second-order valence-corrected chi connectivity index (χ2v) is 3.50. The molecule has 0 aliphatic heterocycles. The third-order valence-electron chi connectivity index (χ3n) is 2.29. The summed E-state index contributed by atoms with van der Waals surface area (Å²) in [6.45, 7) is 0. The number of hydrogen-bond acceptors (Lipinski definition) is 1. The van der Waals surface area contributed by atoms with Gasteiger partial charge in [0, 0.05) is 0 Å². The van der Waals surface area contributed by atoms with E-state index in [2.05, 4.69) is 0 Å². The van der Waals surface area contributed by atoms with Crippen LogP contribution in [0.1, 0.15) is 0 Å². The number of rotatable bonds is 0. The first-order valence-electron chi connectivity index (χ1n) is 4.03. The lowest BCUT2D eigenvalue weighted by atomic mass is 9.84. The van der Waals surface area contributed by atoms with Crippen molar-refractivity contribution in [1.82, 2.24) is 0 Å². The minimum absolute atomic E-state index is 4.08. The Hall–Kier alpha value is -1.23. The lowest BCUT2D eigenvalue weighted by molar-refractivity contribution is -0.429. The molecule has 1 rings (SSSR count). The van der Waals surface area contributed by atoms with E-state index in [9.17, 15) is 53.4 Å². The summed E-state index contributed by atoms with van der Waals surface area (Å²) < 4.78 is 137. The fourth-order valence-electron chi connectivity index (χ4n) is 1.30. The van der Waals surface area contributed by atoms with Gasteiger partial charge in [-0.15, -0.1) is 0 Å². The molecule has 0 N–H and O–H groups in total. The summed E-state index contributed by atoms with van der Waals surface area (Å²) in [6.07, 6.45) is -6.62. The summed E-state index contributed by atoms with van der Waals surface area (Å²) in [6, 6.07) is 0. The summed E-state index contributed by atoms with van der Waals surface area (Å²) in [5.74, 6) is -31.5. The molecule has 0 saturated heterocycles. The van der Waals surface area contributed by atoms with Crippen LogP contribution in [0.3, 0.4) is 0 Å². The van der Waals surface area contributed by atoms with E-state index in [1.165, 1.54) is 0 Å². The van der Waals surface area contributed by atoms with Gasteiger partial charge in [0.1, 0.15) is 5.57 Å². The van der Waals surface area contributed by atoms with E-state index in [0.717, 1.165) is 0 Å². The Morgan fingerprint density at radius 3 is 1.32 bits per heavy atom. The topological polar surface area (TPSA) is 23.1 Å². The molecule has 1 nitrogen and oxygen atoms in total. The van der Waals surface area contributed by atoms with E-state index in [1.807, 2.05) is 0 Å². The predicted molar refractivity (Wildman–Crippen MR) is 32.9 cm³/mol. The molecule has 0 spiro atoms. The van der Waals surface area contributed by atoms with Crippen LogP contribution < -0.4 is 5.11 Å². The van der Waals surface area contributed by atoms with Gasteiger partial charge in [-0.2, -0.15) is 48.3 Å². The molecule has 0 atom stereocenters. The van der Waals surface area contributed by atoms with Crippen molar-refractivity contribution in [2.45, 2.75) is 29.9 Å². The summed E-state index contributed by atoms with van der Waals surface area (Å²) in [7, 11) is 0. The van der Waals surface area contributed by atoms with Crippen molar-refractivity contribution >= 4 is 0 Å². The van der Waals surface area contributed by atoms with Crippen LogP contribution in [0.25, 0.3) is 0 Å². The van der Waals surface area contributed by atoms with Crippen molar-refractivity contribution in [2.75, 3.05) is 0 Å². The average molecular weight is 309 g/mol. The molecule has 0 heterocycles. The van der Waals surface area contributed by atoms with Crippen molar-refractivity contribution in [1.29, 1.82) is 0 Å². The molecule has 12 heteroatoms. The van der Waals surface area contributed by atoms with Crippen LogP contribution in [-0.4, -0.2) is 29.9 Å². The maximum atomic E-state index is 12.7. The normalized spacial score (nSPS) is 28.4. The molecule has 0 amide bonds. The largest absolute Gasteiger partial charge is 0.871 e. The van der Waals surface area contributed by atoms with Crippen LogP contribution in [-0.2, 0) is 0 Å². The van der Waals surface area contributed by atoms with Crippen molar-refractivity contribution < 1.29 is 53.4 Å². The van der Waals surface area contributed by atoms with Crippen molar-refractivity contribution in [3.8, 4) is 0 Å². The molecule has 0 aromatic rings. The molecule has 0 aromatic heterocycles. The van der Waals surface area contributed by atoms with E-state index in [4.69, 9.17) is 0 Å². The molecule has 0 radical (unpaired) electrons. The van der Waals surface area contributed by atoms with Crippen molar-refractivity contribution in [3.63, 3.8) is 0 Å². The lowest BCUT2D eigenvalue weighted by Crippen LogP contribution is -2.69. The molecule has 0 aromatic carbocycles. The van der Waals surface area contributed by atoms with Gasteiger partial charge in [-0.05, 0) is 5.76 Å². The van der Waals surface area contributed by atoms with Crippen LogP contribution in [0.2, 0.25) is 0 Å². The van der Waals surface area contributed by atoms with E-state index in [-0.39, 0.29) is 0 Å². The Balaban J connectivity index is 3.82. The lowest BCUT2D eigenvalue weighted by Gasteiger charge is -2.46. The standard InChI is InChI=1S/C7HF11O/c8-3(9)1(5(12,13)14)2(19)4(10,11)7(17,18)6(3,15)16/h19H/p-1. The molecule has 0 fully saturated rings. The Bertz CT molecular complexity index is 429. The Morgan fingerprint density at radius 2 is 1.00 bits per heavy atom. The minimum Gasteiger partial charge on any atom is -0.871 e.